The second kappa shape index (κ2) is 17.3. The molecule has 9 amide bonds. The van der Waals surface area contributed by atoms with E-state index in [9.17, 15) is 47.9 Å². The number of rotatable bonds is 19. The Labute approximate surface area is 231 Å². The summed E-state index contributed by atoms with van der Waals surface area (Å²) in [6, 6.07) is -6.48. The van der Waals surface area contributed by atoms with Crippen molar-refractivity contribution in [3.05, 3.63) is 0 Å². The molecule has 0 radical (unpaired) electrons. The number of carboxylic acids is 1. The number of nitrogens with two attached hydrogens (primary N) is 5. The van der Waals surface area contributed by atoms with Crippen molar-refractivity contribution in [1.29, 1.82) is 0 Å². The first-order valence-electron chi connectivity index (χ1n) is 11.5. The van der Waals surface area contributed by atoms with Crippen molar-refractivity contribution in [3.8, 4) is 0 Å². The smallest absolute Gasteiger partial charge is 0.326 e. The molecule has 21 heteroatoms. The first kappa shape index (κ1) is 35.7. The number of primary amides is 4. The van der Waals surface area contributed by atoms with Gasteiger partial charge in [-0.25, -0.2) is 4.79 Å². The van der Waals surface area contributed by atoms with Gasteiger partial charge < -0.3 is 60.4 Å². The molecule has 0 aromatic heterocycles. The topological polar surface area (TPSA) is 381 Å². The number of amides is 9. The molecule has 0 bridgehead atoms. The van der Waals surface area contributed by atoms with Crippen LogP contribution in [-0.4, -0.2) is 101 Å². The summed E-state index contributed by atoms with van der Waals surface area (Å²) in [4.78, 5) is 117. The minimum atomic E-state index is -1.78. The number of carbonyl (C=O) groups is 10. The van der Waals surface area contributed by atoms with Gasteiger partial charge in [0.15, 0.2) is 0 Å². The second-order valence-electron chi connectivity index (χ2n) is 8.36. The van der Waals surface area contributed by atoms with Crippen molar-refractivity contribution in [1.82, 2.24) is 26.6 Å². The maximum Gasteiger partial charge on any atom is 0.326 e. The van der Waals surface area contributed by atoms with Crippen molar-refractivity contribution in [2.24, 2.45) is 28.7 Å². The van der Waals surface area contributed by atoms with E-state index in [1.807, 2.05) is 16.0 Å². The molecule has 0 spiro atoms. The molecule has 0 aliphatic rings. The fraction of sp³-hybridized carbons (Fsp3) is 0.500. The van der Waals surface area contributed by atoms with E-state index in [1.54, 1.807) is 0 Å². The molecule has 0 fully saturated rings. The molecular weight excluding hydrogens is 556 g/mol. The number of nitrogens with one attached hydrogen (secondary N) is 5. The highest BCUT2D eigenvalue weighted by molar-refractivity contribution is 5.97. The molecule has 0 aliphatic heterocycles. The summed E-state index contributed by atoms with van der Waals surface area (Å²) in [7, 11) is 0. The van der Waals surface area contributed by atoms with Crippen LogP contribution in [0.1, 0.15) is 25.7 Å². The largest absolute Gasteiger partial charge is 0.480 e. The zero-order valence-electron chi connectivity index (χ0n) is 21.5. The van der Waals surface area contributed by atoms with Crippen molar-refractivity contribution in [2.45, 2.75) is 49.9 Å². The van der Waals surface area contributed by atoms with Gasteiger partial charge in [0.25, 0.3) is 0 Å². The molecular formula is C20H32N10O11. The maximum atomic E-state index is 12.5. The van der Waals surface area contributed by atoms with E-state index in [1.165, 1.54) is 0 Å². The molecule has 228 valence electrons. The van der Waals surface area contributed by atoms with Gasteiger partial charge in [0, 0.05) is 0 Å². The Bertz CT molecular complexity index is 1080. The normalized spacial score (nSPS) is 13.2. The van der Waals surface area contributed by atoms with Gasteiger partial charge in [-0.05, 0) is 0 Å². The average Bonchev–Trinajstić information content (AvgIpc) is 2.83. The monoisotopic (exact) mass is 588 g/mol. The van der Waals surface area contributed by atoms with Crippen molar-refractivity contribution >= 4 is 59.1 Å². The van der Waals surface area contributed by atoms with Gasteiger partial charge in [-0.2, -0.15) is 0 Å². The molecule has 0 aromatic carbocycles. The van der Waals surface area contributed by atoms with Crippen LogP contribution in [0.2, 0.25) is 0 Å². The van der Waals surface area contributed by atoms with Gasteiger partial charge >= 0.3 is 5.97 Å². The van der Waals surface area contributed by atoms with E-state index < -0.39 is 122 Å². The van der Waals surface area contributed by atoms with Crippen LogP contribution in [0.15, 0.2) is 0 Å². The lowest BCUT2D eigenvalue weighted by Crippen LogP contribution is -2.56. The van der Waals surface area contributed by atoms with Crippen molar-refractivity contribution in [2.75, 3.05) is 13.1 Å². The minimum absolute atomic E-state index is 0.502. The highest BCUT2D eigenvalue weighted by Crippen LogP contribution is 1.98. The summed E-state index contributed by atoms with van der Waals surface area (Å²) in [5.74, 6) is -11.0. The van der Waals surface area contributed by atoms with E-state index >= 15 is 0 Å². The molecule has 0 unspecified atom stereocenters. The Kier molecular flexibility index (Phi) is 15.0. The lowest BCUT2D eigenvalue weighted by molar-refractivity contribution is -0.143. The molecule has 0 saturated heterocycles. The minimum Gasteiger partial charge on any atom is -0.480 e. The Morgan fingerprint density at radius 2 is 0.878 bits per heavy atom. The highest BCUT2D eigenvalue weighted by Gasteiger charge is 2.29. The Hall–Kier alpha value is -5.34. The van der Waals surface area contributed by atoms with Crippen LogP contribution in [0.4, 0.5) is 0 Å². The van der Waals surface area contributed by atoms with Crippen LogP contribution in [0.3, 0.4) is 0 Å². The summed E-state index contributed by atoms with van der Waals surface area (Å²) >= 11 is 0. The van der Waals surface area contributed by atoms with E-state index in [0.29, 0.717) is 0 Å². The molecule has 0 aliphatic carbocycles. The Morgan fingerprint density at radius 1 is 0.512 bits per heavy atom. The predicted octanol–water partition coefficient (Wildman–Crippen LogP) is -8.41. The van der Waals surface area contributed by atoms with Crippen LogP contribution in [0, 0.1) is 0 Å². The van der Waals surface area contributed by atoms with Crippen LogP contribution < -0.4 is 55.3 Å². The summed E-state index contributed by atoms with van der Waals surface area (Å²) in [5, 5.41) is 19.3. The first-order chi connectivity index (χ1) is 18.9. The standard InChI is InChI=1S/C20H32N10O11/c21-7(1-11(22)31)17(37)26-5-15(35)28-8(2-12(23)32)18(38)27-6-16(36)29-9(3-13(24)33)19(39)30-10(20(40)41)4-14(25)34/h7-10H,1-6,21H2,(H2,22,31)(H2,23,32)(H2,24,33)(H2,25,34)(H,26,37)(H,27,38)(H,28,35)(H,29,36)(H,30,39)(H,40,41)/t7-,8-,9-,10-/m0/s1. The lowest BCUT2D eigenvalue weighted by atomic mass is 10.1. The molecule has 41 heavy (non-hydrogen) atoms. The second-order valence-corrected chi connectivity index (χ2v) is 8.36. The van der Waals surface area contributed by atoms with Gasteiger partial charge in [0.2, 0.25) is 53.2 Å². The molecule has 0 saturated carbocycles. The van der Waals surface area contributed by atoms with Gasteiger partial charge in [0.05, 0.1) is 44.8 Å². The van der Waals surface area contributed by atoms with Crippen LogP contribution in [-0.2, 0) is 47.9 Å². The Morgan fingerprint density at radius 3 is 1.27 bits per heavy atom. The zero-order chi connectivity index (χ0) is 31.9. The maximum absolute atomic E-state index is 12.5. The van der Waals surface area contributed by atoms with Gasteiger partial charge in [0.1, 0.15) is 18.1 Å². The van der Waals surface area contributed by atoms with Crippen molar-refractivity contribution < 1.29 is 53.1 Å². The molecule has 4 atom stereocenters. The van der Waals surface area contributed by atoms with Crippen LogP contribution >= 0.6 is 0 Å². The molecule has 0 aromatic rings. The number of aliphatic carboxylic acids is 1. The van der Waals surface area contributed by atoms with E-state index in [2.05, 4.69) is 10.6 Å². The fourth-order valence-corrected chi connectivity index (χ4v) is 2.88. The molecule has 21 nitrogen and oxygen atoms in total. The van der Waals surface area contributed by atoms with Crippen molar-refractivity contribution in [3.63, 3.8) is 0 Å². The quantitative estimate of drug-likeness (QED) is 0.0670. The third-order valence-corrected chi connectivity index (χ3v) is 4.74. The van der Waals surface area contributed by atoms with E-state index in [-0.39, 0.29) is 0 Å². The highest BCUT2D eigenvalue weighted by atomic mass is 16.4. The molecule has 0 heterocycles. The van der Waals surface area contributed by atoms with Crippen LogP contribution in [0.5, 0.6) is 0 Å². The lowest BCUT2D eigenvalue weighted by Gasteiger charge is -2.21. The predicted molar refractivity (Wildman–Crippen MR) is 133 cm³/mol. The summed E-state index contributed by atoms with van der Waals surface area (Å²) in [5.41, 5.74) is 25.4. The van der Waals surface area contributed by atoms with Gasteiger partial charge in [-0.15, -0.1) is 0 Å². The Balaban J connectivity index is 5.20. The average molecular weight is 589 g/mol. The summed E-state index contributed by atoms with van der Waals surface area (Å²) < 4.78 is 0. The van der Waals surface area contributed by atoms with E-state index in [4.69, 9.17) is 33.8 Å². The van der Waals surface area contributed by atoms with Gasteiger partial charge in [-0.3, -0.25) is 43.2 Å². The third kappa shape index (κ3) is 15.6. The van der Waals surface area contributed by atoms with Crippen LogP contribution in [0.25, 0.3) is 0 Å². The zero-order valence-corrected chi connectivity index (χ0v) is 21.5. The first-order valence-corrected chi connectivity index (χ1v) is 11.5. The number of carbonyl (C=O) groups excluding carboxylic acids is 9. The third-order valence-electron chi connectivity index (χ3n) is 4.74. The molecule has 0 rings (SSSR count). The fourth-order valence-electron chi connectivity index (χ4n) is 2.88. The number of hydrogen-bond acceptors (Lipinski definition) is 11. The van der Waals surface area contributed by atoms with E-state index in [0.717, 1.165) is 0 Å². The van der Waals surface area contributed by atoms with Gasteiger partial charge in [-0.1, -0.05) is 0 Å². The summed E-state index contributed by atoms with van der Waals surface area (Å²) in [6.45, 7) is -1.61. The summed E-state index contributed by atoms with van der Waals surface area (Å²) in [6.07, 6.45) is -2.84. The SMILES string of the molecule is NC(=O)C[C@H](NC(=O)[C@H](CC(N)=O)NC(=O)CNC(=O)[C@H](CC(N)=O)NC(=O)CNC(=O)[C@@H](N)CC(N)=O)C(=O)O. The molecule has 16 N–H and O–H groups in total. The number of carboxylic acid groups (broad SMARTS) is 1. The number of hydrogen-bond donors (Lipinski definition) is 11.